The van der Waals surface area contributed by atoms with Gasteiger partial charge in [-0.25, -0.2) is 3.97 Å². The van der Waals surface area contributed by atoms with Crippen molar-refractivity contribution in [1.29, 1.82) is 0 Å². The van der Waals surface area contributed by atoms with Gasteiger partial charge in [-0.15, -0.1) is 0 Å². The third-order valence-electron chi connectivity index (χ3n) is 3.45. The topological polar surface area (TPSA) is 56.1 Å². The van der Waals surface area contributed by atoms with Crippen LogP contribution in [0.5, 0.6) is 0 Å². The van der Waals surface area contributed by atoms with Gasteiger partial charge in [0.15, 0.2) is 0 Å². The van der Waals surface area contributed by atoms with Gasteiger partial charge in [0.2, 0.25) is 0 Å². The average molecular weight is 413 g/mol. The maximum Gasteiger partial charge on any atom is 0.307 e. The number of carbonyl (C=O) groups is 1. The van der Waals surface area contributed by atoms with Crippen LogP contribution in [0.15, 0.2) is 53.0 Å². The van der Waals surface area contributed by atoms with Gasteiger partial charge in [-0.3, -0.25) is 4.79 Å². The molecule has 0 radical (unpaired) electrons. The Morgan fingerprint density at radius 3 is 2.39 bits per heavy atom. The van der Waals surface area contributed by atoms with E-state index in [4.69, 9.17) is 11.6 Å². The number of rotatable bonds is 2. The highest BCUT2D eigenvalue weighted by Gasteiger charge is 2.28. The third-order valence-corrected chi connectivity index (χ3v) is 5.86. The van der Waals surface area contributed by atoms with Crippen molar-refractivity contribution >= 4 is 53.6 Å². The quantitative estimate of drug-likeness (QED) is 0.627. The average Bonchev–Trinajstić information content (AvgIpc) is 2.82. The van der Waals surface area contributed by atoms with Crippen molar-refractivity contribution in [1.82, 2.24) is 3.97 Å². The Labute approximate surface area is 146 Å². The third kappa shape index (κ3) is 2.82. The van der Waals surface area contributed by atoms with E-state index in [0.29, 0.717) is 16.2 Å². The lowest BCUT2D eigenvalue weighted by Crippen LogP contribution is -2.23. The summed E-state index contributed by atoms with van der Waals surface area (Å²) >= 11 is 9.13. The molecule has 0 atom stereocenters. The summed E-state index contributed by atoms with van der Waals surface area (Å²) in [5.74, 6) is 0. The zero-order valence-corrected chi connectivity index (χ0v) is 15.1. The highest BCUT2D eigenvalue weighted by atomic mass is 79.9. The van der Waals surface area contributed by atoms with Gasteiger partial charge in [-0.2, -0.15) is 8.42 Å². The molecule has 3 aromatic rings. The van der Waals surface area contributed by atoms with E-state index in [2.05, 4.69) is 15.9 Å². The minimum atomic E-state index is -4.21. The van der Waals surface area contributed by atoms with E-state index in [9.17, 15) is 13.2 Å². The maximum atomic E-state index is 12.8. The minimum Gasteiger partial charge on any atom is -0.274 e. The number of fused-ring (bicyclic) bond motifs is 1. The number of benzene rings is 2. The summed E-state index contributed by atoms with van der Waals surface area (Å²) < 4.78 is 27.4. The molecule has 7 heteroatoms. The van der Waals surface area contributed by atoms with E-state index < -0.39 is 15.1 Å². The number of aromatic nitrogens is 1. The SMILES string of the molecule is Cc1cc2cc(Br)ccc2n1S(=O)(=O)C(=O)c1ccc(Cl)cc1. The Morgan fingerprint density at radius 2 is 1.74 bits per heavy atom. The molecule has 0 bridgehead atoms. The molecule has 0 aliphatic rings. The second kappa shape index (κ2) is 5.78. The fourth-order valence-electron chi connectivity index (χ4n) is 2.44. The number of hydrogen-bond donors (Lipinski definition) is 0. The van der Waals surface area contributed by atoms with Gasteiger partial charge in [0.1, 0.15) is 0 Å². The molecule has 0 saturated heterocycles. The molecule has 0 spiro atoms. The molecule has 2 aromatic carbocycles. The monoisotopic (exact) mass is 411 g/mol. The first kappa shape index (κ1) is 16.2. The molecule has 118 valence electrons. The Kier molecular flexibility index (Phi) is 4.08. The summed E-state index contributed by atoms with van der Waals surface area (Å²) in [4.78, 5) is 12.5. The van der Waals surface area contributed by atoms with Crippen molar-refractivity contribution in [2.75, 3.05) is 0 Å². The summed E-state index contributed by atoms with van der Waals surface area (Å²) in [5.41, 5.74) is 1.01. The Hall–Kier alpha value is -1.63. The molecule has 0 unspecified atom stereocenters. The fraction of sp³-hybridized carbons (Fsp3) is 0.0625. The molecule has 23 heavy (non-hydrogen) atoms. The fourth-order valence-corrected chi connectivity index (χ4v) is 4.40. The van der Waals surface area contributed by atoms with Crippen LogP contribution in [-0.4, -0.2) is 17.5 Å². The minimum absolute atomic E-state index is 0.0766. The Morgan fingerprint density at radius 1 is 1.09 bits per heavy atom. The Balaban J connectivity index is 2.18. The van der Waals surface area contributed by atoms with Crippen molar-refractivity contribution in [3.63, 3.8) is 0 Å². The lowest BCUT2D eigenvalue weighted by Gasteiger charge is -2.09. The molecular weight excluding hydrogens is 402 g/mol. The van der Waals surface area contributed by atoms with Crippen LogP contribution in [0.2, 0.25) is 5.02 Å². The molecule has 0 fully saturated rings. The first-order valence-corrected chi connectivity index (χ1v) is 9.25. The van der Waals surface area contributed by atoms with Gasteiger partial charge >= 0.3 is 10.0 Å². The number of hydrogen-bond acceptors (Lipinski definition) is 3. The van der Waals surface area contributed by atoms with Gasteiger partial charge < -0.3 is 0 Å². The molecule has 0 saturated carbocycles. The zero-order chi connectivity index (χ0) is 16.8. The van der Waals surface area contributed by atoms with Crippen LogP contribution < -0.4 is 0 Å². The highest BCUT2D eigenvalue weighted by Crippen LogP contribution is 2.26. The molecule has 1 aromatic heterocycles. The van der Waals surface area contributed by atoms with Crippen molar-refractivity contribution < 1.29 is 13.2 Å². The van der Waals surface area contributed by atoms with Gasteiger partial charge in [0.05, 0.1) is 5.52 Å². The number of carbonyl (C=O) groups excluding carboxylic acids is 1. The molecule has 0 aliphatic carbocycles. The smallest absolute Gasteiger partial charge is 0.274 e. The van der Waals surface area contributed by atoms with Crippen LogP contribution in [0.1, 0.15) is 16.1 Å². The van der Waals surface area contributed by atoms with Gasteiger partial charge in [0.25, 0.3) is 5.12 Å². The summed E-state index contributed by atoms with van der Waals surface area (Å²) in [7, 11) is -4.21. The molecule has 0 N–H and O–H groups in total. The van der Waals surface area contributed by atoms with E-state index in [1.54, 1.807) is 31.2 Å². The van der Waals surface area contributed by atoms with E-state index in [1.807, 2.05) is 0 Å². The summed E-state index contributed by atoms with van der Waals surface area (Å²) in [5, 5.41) is 0.216. The number of aryl methyl sites for hydroxylation is 1. The molecular formula is C16H11BrClNO3S. The van der Waals surface area contributed by atoms with Crippen LogP contribution in [0.4, 0.5) is 0 Å². The van der Waals surface area contributed by atoms with E-state index in [-0.39, 0.29) is 5.56 Å². The van der Waals surface area contributed by atoms with Crippen molar-refractivity contribution in [2.24, 2.45) is 0 Å². The highest BCUT2D eigenvalue weighted by molar-refractivity contribution is 9.10. The zero-order valence-electron chi connectivity index (χ0n) is 12.0. The normalized spacial score (nSPS) is 11.8. The standard InChI is InChI=1S/C16H11BrClNO3S/c1-10-8-12-9-13(17)4-7-15(12)19(10)23(21,22)16(20)11-2-5-14(18)6-3-11/h2-9H,1H3. The summed E-state index contributed by atoms with van der Waals surface area (Å²) in [6, 6.07) is 12.7. The first-order chi connectivity index (χ1) is 10.8. The van der Waals surface area contributed by atoms with E-state index in [0.717, 1.165) is 13.8 Å². The van der Waals surface area contributed by atoms with Gasteiger partial charge in [-0.1, -0.05) is 27.5 Å². The first-order valence-electron chi connectivity index (χ1n) is 6.64. The lowest BCUT2D eigenvalue weighted by atomic mass is 10.2. The molecule has 0 amide bonds. The van der Waals surface area contributed by atoms with Crippen LogP contribution in [0.25, 0.3) is 10.9 Å². The lowest BCUT2D eigenvalue weighted by molar-refractivity contribution is 0.107. The van der Waals surface area contributed by atoms with Crippen molar-refractivity contribution in [3.05, 3.63) is 69.3 Å². The van der Waals surface area contributed by atoms with Crippen molar-refractivity contribution in [3.8, 4) is 0 Å². The summed E-state index contributed by atoms with van der Waals surface area (Å²) in [6.45, 7) is 1.65. The summed E-state index contributed by atoms with van der Waals surface area (Å²) in [6.07, 6.45) is 0. The molecule has 1 heterocycles. The van der Waals surface area contributed by atoms with Crippen LogP contribution >= 0.6 is 27.5 Å². The largest absolute Gasteiger partial charge is 0.307 e. The van der Waals surface area contributed by atoms with Gasteiger partial charge in [0, 0.05) is 26.1 Å². The maximum absolute atomic E-state index is 12.8. The molecule has 4 nitrogen and oxygen atoms in total. The predicted molar refractivity (Wildman–Crippen MR) is 94.5 cm³/mol. The second-order valence-corrected chi connectivity index (χ2v) is 8.09. The van der Waals surface area contributed by atoms with Crippen LogP contribution in [0, 0.1) is 6.92 Å². The Bertz CT molecular complexity index is 1020. The van der Waals surface area contributed by atoms with Crippen LogP contribution in [-0.2, 0) is 10.0 Å². The van der Waals surface area contributed by atoms with Crippen LogP contribution in [0.3, 0.4) is 0 Å². The van der Waals surface area contributed by atoms with Gasteiger partial charge in [-0.05, 0) is 55.5 Å². The predicted octanol–water partition coefficient (Wildman–Crippen LogP) is 4.38. The number of halogens is 2. The second-order valence-electron chi connectivity index (χ2n) is 5.05. The molecule has 0 aliphatic heterocycles. The number of nitrogens with zero attached hydrogens (tertiary/aromatic N) is 1. The van der Waals surface area contributed by atoms with E-state index >= 15 is 0 Å². The molecule has 3 rings (SSSR count). The van der Waals surface area contributed by atoms with E-state index in [1.165, 1.54) is 24.3 Å². The van der Waals surface area contributed by atoms with Crippen molar-refractivity contribution in [2.45, 2.75) is 6.92 Å².